The number of rotatable bonds is 5. The molecule has 0 saturated carbocycles. The minimum atomic E-state index is -3.81. The number of ketones is 1. The number of anilines is 1. The third-order valence-electron chi connectivity index (χ3n) is 2.96. The van der Waals surface area contributed by atoms with E-state index in [9.17, 15) is 18.3 Å². The van der Waals surface area contributed by atoms with E-state index in [2.05, 4.69) is 4.72 Å². The molecule has 0 aliphatic carbocycles. The van der Waals surface area contributed by atoms with Gasteiger partial charge in [-0.2, -0.15) is 0 Å². The zero-order chi connectivity index (χ0) is 15.5. The SMILES string of the molecule is CCC(=O)c1ccc(S(=O)(=O)Nc2ccccc2O)cc1. The van der Waals surface area contributed by atoms with Gasteiger partial charge >= 0.3 is 0 Å². The molecule has 0 amide bonds. The molecule has 21 heavy (non-hydrogen) atoms. The number of nitrogens with one attached hydrogen (secondary N) is 1. The zero-order valence-electron chi connectivity index (χ0n) is 11.4. The van der Waals surface area contributed by atoms with Gasteiger partial charge in [-0.05, 0) is 24.3 Å². The maximum absolute atomic E-state index is 12.2. The summed E-state index contributed by atoms with van der Waals surface area (Å²) >= 11 is 0. The molecule has 0 unspecified atom stereocenters. The number of hydrogen-bond acceptors (Lipinski definition) is 4. The summed E-state index contributed by atoms with van der Waals surface area (Å²) in [4.78, 5) is 11.5. The van der Waals surface area contributed by atoms with Gasteiger partial charge in [-0.1, -0.05) is 31.2 Å². The van der Waals surface area contributed by atoms with Gasteiger partial charge < -0.3 is 5.11 Å². The van der Waals surface area contributed by atoms with Gasteiger partial charge in [-0.15, -0.1) is 0 Å². The van der Waals surface area contributed by atoms with Crippen molar-refractivity contribution in [3.8, 4) is 5.75 Å². The first-order chi connectivity index (χ1) is 9.94. The molecule has 0 heterocycles. The van der Waals surface area contributed by atoms with Gasteiger partial charge in [0.1, 0.15) is 5.75 Å². The molecule has 2 N–H and O–H groups in total. The Hall–Kier alpha value is -2.34. The van der Waals surface area contributed by atoms with Gasteiger partial charge in [0.25, 0.3) is 10.0 Å². The number of sulfonamides is 1. The fraction of sp³-hybridized carbons (Fsp3) is 0.133. The largest absolute Gasteiger partial charge is 0.506 e. The summed E-state index contributed by atoms with van der Waals surface area (Å²) in [5.41, 5.74) is 0.574. The minimum Gasteiger partial charge on any atom is -0.506 e. The maximum Gasteiger partial charge on any atom is 0.262 e. The van der Waals surface area contributed by atoms with E-state index < -0.39 is 10.0 Å². The Kier molecular flexibility index (Phi) is 4.28. The quantitative estimate of drug-likeness (QED) is 0.657. The number of carbonyl (C=O) groups is 1. The van der Waals surface area contributed by atoms with Gasteiger partial charge in [0, 0.05) is 12.0 Å². The van der Waals surface area contributed by atoms with Crippen molar-refractivity contribution in [1.82, 2.24) is 0 Å². The van der Waals surface area contributed by atoms with E-state index in [1.165, 1.54) is 36.4 Å². The van der Waals surface area contributed by atoms with Crippen LogP contribution in [0.15, 0.2) is 53.4 Å². The summed E-state index contributed by atoms with van der Waals surface area (Å²) < 4.78 is 26.7. The minimum absolute atomic E-state index is 0.0263. The lowest BCUT2D eigenvalue weighted by Gasteiger charge is -2.09. The lowest BCUT2D eigenvalue weighted by molar-refractivity contribution is 0.0988. The van der Waals surface area contributed by atoms with Crippen LogP contribution >= 0.6 is 0 Å². The molecule has 0 atom stereocenters. The molecule has 2 aromatic carbocycles. The van der Waals surface area contributed by atoms with Crippen LogP contribution < -0.4 is 4.72 Å². The summed E-state index contributed by atoms with van der Waals surface area (Å²) in [6.07, 6.45) is 0.363. The molecule has 0 aliphatic rings. The van der Waals surface area contributed by atoms with E-state index >= 15 is 0 Å². The highest BCUT2D eigenvalue weighted by Crippen LogP contribution is 2.25. The van der Waals surface area contributed by atoms with E-state index in [4.69, 9.17) is 0 Å². The number of para-hydroxylation sites is 2. The van der Waals surface area contributed by atoms with E-state index in [0.717, 1.165) is 0 Å². The number of carbonyl (C=O) groups excluding carboxylic acids is 1. The Balaban J connectivity index is 2.28. The van der Waals surface area contributed by atoms with Crippen molar-refractivity contribution < 1.29 is 18.3 Å². The molecule has 0 saturated heterocycles. The Bertz CT molecular complexity index is 751. The van der Waals surface area contributed by atoms with Gasteiger partial charge in [-0.25, -0.2) is 8.42 Å². The van der Waals surface area contributed by atoms with Crippen molar-refractivity contribution >= 4 is 21.5 Å². The standard InChI is InChI=1S/C15H15NO4S/c1-2-14(17)11-7-9-12(10-8-11)21(19,20)16-13-5-3-4-6-15(13)18/h3-10,16,18H,2H2,1H3. The number of Topliss-reactive ketones (excluding diaryl/α,β-unsaturated/α-hetero) is 1. The molecule has 6 heteroatoms. The van der Waals surface area contributed by atoms with Crippen LogP contribution in [-0.4, -0.2) is 19.3 Å². The van der Waals surface area contributed by atoms with Crippen molar-refractivity contribution in [2.45, 2.75) is 18.2 Å². The maximum atomic E-state index is 12.2. The van der Waals surface area contributed by atoms with Crippen molar-refractivity contribution in [3.63, 3.8) is 0 Å². The summed E-state index contributed by atoms with van der Waals surface area (Å²) in [7, 11) is -3.81. The molecule has 0 radical (unpaired) electrons. The summed E-state index contributed by atoms with van der Waals surface area (Å²) in [6, 6.07) is 11.7. The average Bonchev–Trinajstić information content (AvgIpc) is 2.49. The Morgan fingerprint density at radius 2 is 1.71 bits per heavy atom. The molecule has 2 aromatic rings. The first-order valence-electron chi connectivity index (χ1n) is 6.38. The predicted molar refractivity (Wildman–Crippen MR) is 80.0 cm³/mol. The second kappa shape index (κ2) is 5.97. The van der Waals surface area contributed by atoms with Crippen LogP contribution in [0.5, 0.6) is 5.75 Å². The van der Waals surface area contributed by atoms with E-state index in [0.29, 0.717) is 12.0 Å². The van der Waals surface area contributed by atoms with Crippen LogP contribution in [-0.2, 0) is 10.0 Å². The van der Waals surface area contributed by atoms with Crippen LogP contribution in [0.2, 0.25) is 0 Å². The van der Waals surface area contributed by atoms with E-state index in [1.807, 2.05) is 0 Å². The normalized spacial score (nSPS) is 11.1. The molecule has 0 spiro atoms. The second-order valence-corrected chi connectivity index (χ2v) is 6.11. The van der Waals surface area contributed by atoms with Gasteiger partial charge in [0.2, 0.25) is 0 Å². The Morgan fingerprint density at radius 1 is 1.10 bits per heavy atom. The van der Waals surface area contributed by atoms with Crippen LogP contribution in [0.25, 0.3) is 0 Å². The smallest absolute Gasteiger partial charge is 0.262 e. The highest BCUT2D eigenvalue weighted by Gasteiger charge is 2.16. The molecule has 0 fully saturated rings. The van der Waals surface area contributed by atoms with E-state index in [-0.39, 0.29) is 22.1 Å². The number of phenols is 1. The van der Waals surface area contributed by atoms with Crippen molar-refractivity contribution in [1.29, 1.82) is 0 Å². The zero-order valence-corrected chi connectivity index (χ0v) is 12.2. The lowest BCUT2D eigenvalue weighted by atomic mass is 10.1. The summed E-state index contributed by atoms with van der Waals surface area (Å²) in [5, 5.41) is 9.60. The Morgan fingerprint density at radius 3 is 2.29 bits per heavy atom. The highest BCUT2D eigenvalue weighted by molar-refractivity contribution is 7.92. The number of phenolic OH excluding ortho intramolecular Hbond substituents is 1. The van der Waals surface area contributed by atoms with E-state index in [1.54, 1.807) is 19.1 Å². The van der Waals surface area contributed by atoms with Crippen molar-refractivity contribution in [2.75, 3.05) is 4.72 Å². The fourth-order valence-electron chi connectivity index (χ4n) is 1.79. The molecule has 0 aromatic heterocycles. The third kappa shape index (κ3) is 3.41. The lowest BCUT2D eigenvalue weighted by Crippen LogP contribution is -2.13. The van der Waals surface area contributed by atoms with Gasteiger partial charge in [0.05, 0.1) is 10.6 Å². The highest BCUT2D eigenvalue weighted by atomic mass is 32.2. The van der Waals surface area contributed by atoms with Gasteiger partial charge in [0.15, 0.2) is 5.78 Å². The van der Waals surface area contributed by atoms with Crippen molar-refractivity contribution in [3.05, 3.63) is 54.1 Å². The molecular formula is C15H15NO4S. The third-order valence-corrected chi connectivity index (χ3v) is 4.34. The monoisotopic (exact) mass is 305 g/mol. The predicted octanol–water partition coefficient (Wildman–Crippen LogP) is 2.79. The average molecular weight is 305 g/mol. The molecule has 0 bridgehead atoms. The molecule has 5 nitrogen and oxygen atoms in total. The summed E-state index contributed by atoms with van der Waals surface area (Å²) in [5.74, 6) is -0.202. The second-order valence-electron chi connectivity index (χ2n) is 4.42. The first-order valence-corrected chi connectivity index (χ1v) is 7.86. The molecule has 110 valence electrons. The van der Waals surface area contributed by atoms with Crippen LogP contribution in [0, 0.1) is 0 Å². The Labute approximate surface area is 123 Å². The molecule has 2 rings (SSSR count). The molecular weight excluding hydrogens is 290 g/mol. The van der Waals surface area contributed by atoms with Crippen LogP contribution in [0.1, 0.15) is 23.7 Å². The summed E-state index contributed by atoms with van der Waals surface area (Å²) in [6.45, 7) is 1.74. The fourth-order valence-corrected chi connectivity index (χ4v) is 2.86. The van der Waals surface area contributed by atoms with Crippen LogP contribution in [0.4, 0.5) is 5.69 Å². The van der Waals surface area contributed by atoms with Gasteiger partial charge in [-0.3, -0.25) is 9.52 Å². The van der Waals surface area contributed by atoms with Crippen molar-refractivity contribution in [2.24, 2.45) is 0 Å². The number of hydrogen-bond donors (Lipinski definition) is 2. The topological polar surface area (TPSA) is 83.5 Å². The first kappa shape index (κ1) is 15.1. The number of aromatic hydroxyl groups is 1. The van der Waals surface area contributed by atoms with Crippen LogP contribution in [0.3, 0.4) is 0 Å². The molecule has 0 aliphatic heterocycles. The number of benzene rings is 2.